The molecule has 372 valence electrons. The molecule has 1 amide bonds. The van der Waals surface area contributed by atoms with Crippen molar-refractivity contribution in [3.05, 3.63) is 99.5 Å². The molecule has 2 saturated heterocycles. The maximum atomic E-state index is 14.9. The Kier molecular flexibility index (Phi) is 12.7. The number of benzene rings is 3. The molecule has 70 heavy (non-hydrogen) atoms. The minimum Gasteiger partial charge on any atom is -0.489 e. The summed E-state index contributed by atoms with van der Waals surface area (Å²) in [6.45, 7) is 11.1. The Hall–Kier alpha value is -5.98. The van der Waals surface area contributed by atoms with Crippen molar-refractivity contribution in [3.8, 4) is 23.1 Å². The van der Waals surface area contributed by atoms with E-state index in [4.69, 9.17) is 14.2 Å². The van der Waals surface area contributed by atoms with Crippen LogP contribution in [0, 0.1) is 27.3 Å². The zero-order valence-corrected chi connectivity index (χ0v) is 40.9. The Morgan fingerprint density at radius 3 is 2.53 bits per heavy atom. The fourth-order valence-corrected chi connectivity index (χ4v) is 12.8. The molecule has 4 N–H and O–H groups in total. The van der Waals surface area contributed by atoms with Gasteiger partial charge in [-0.2, -0.15) is 4.98 Å². The molecule has 0 radical (unpaired) electrons. The number of hydrogen-bond donors (Lipinski definition) is 4. The second kappa shape index (κ2) is 18.6. The maximum absolute atomic E-state index is 14.9. The molecule has 2 saturated carbocycles. The van der Waals surface area contributed by atoms with Crippen molar-refractivity contribution in [1.29, 1.82) is 0 Å². The Balaban J connectivity index is 0.890. The van der Waals surface area contributed by atoms with E-state index in [9.17, 15) is 32.8 Å². The number of amides is 1. The molecule has 0 unspecified atom stereocenters. The van der Waals surface area contributed by atoms with Crippen LogP contribution in [0.3, 0.4) is 0 Å². The first kappa shape index (κ1) is 47.7. The van der Waals surface area contributed by atoms with Gasteiger partial charge >= 0.3 is 0 Å². The number of hydrogen-bond acceptors (Lipinski definition) is 13. The van der Waals surface area contributed by atoms with Gasteiger partial charge in [0.2, 0.25) is 0 Å². The van der Waals surface area contributed by atoms with Gasteiger partial charge in [-0.1, -0.05) is 38.1 Å². The Morgan fingerprint density at radius 2 is 1.80 bits per heavy atom. The molecule has 0 bridgehead atoms. The van der Waals surface area contributed by atoms with E-state index in [0.29, 0.717) is 43.7 Å². The van der Waals surface area contributed by atoms with Crippen molar-refractivity contribution in [2.24, 2.45) is 11.3 Å². The zero-order valence-electron chi connectivity index (χ0n) is 40.1. The van der Waals surface area contributed by atoms with Crippen LogP contribution in [0.1, 0.15) is 125 Å². The first-order chi connectivity index (χ1) is 33.5. The number of nitro groups is 1. The average molecular weight is 980 g/mol. The highest BCUT2D eigenvalue weighted by atomic mass is 32.2. The van der Waals surface area contributed by atoms with Crippen molar-refractivity contribution in [1.82, 2.24) is 19.6 Å². The number of sulfonamides is 1. The SMILES string of the molecule is CCOc1nc2[nH]cc(F)c2cc1Oc1cc(N2CCC3(CC2)CC(N2CCC[C@H]2c2ccccc2C(C)C)C3)ccc1C(=O)NS(=O)(=O)c1cc2c(c([N+](=O)[O-])c1)N[C@@H]([C@H]1CC[C@](C)(O)CC1)CO2. The number of nitrogens with one attached hydrogen (secondary N) is 3. The fourth-order valence-electron chi connectivity index (χ4n) is 11.8. The van der Waals surface area contributed by atoms with Gasteiger partial charge in [-0.05, 0) is 125 Å². The molecule has 16 nitrogen and oxygen atoms in total. The van der Waals surface area contributed by atoms with Gasteiger partial charge in [-0.25, -0.2) is 17.5 Å². The number of ether oxygens (including phenoxy) is 3. The maximum Gasteiger partial charge on any atom is 0.297 e. The smallest absolute Gasteiger partial charge is 0.297 e. The minimum atomic E-state index is -4.75. The topological polar surface area (TPSA) is 201 Å². The number of halogens is 1. The van der Waals surface area contributed by atoms with Crippen molar-refractivity contribution in [2.45, 2.75) is 126 Å². The van der Waals surface area contributed by atoms with Crippen LogP contribution < -0.4 is 29.1 Å². The third kappa shape index (κ3) is 9.25. The lowest BCUT2D eigenvalue weighted by Gasteiger charge is -2.56. The molecule has 5 aromatic rings. The lowest BCUT2D eigenvalue weighted by Crippen LogP contribution is -2.54. The highest BCUT2D eigenvalue weighted by Crippen LogP contribution is 2.54. The van der Waals surface area contributed by atoms with Crippen LogP contribution in [0.15, 0.2) is 71.8 Å². The van der Waals surface area contributed by atoms with Gasteiger partial charge in [0.1, 0.15) is 23.8 Å². The molecule has 4 fully saturated rings. The number of rotatable bonds is 13. The Morgan fingerprint density at radius 1 is 1.04 bits per heavy atom. The number of pyridine rings is 1. The highest BCUT2D eigenvalue weighted by Gasteiger charge is 2.50. The number of nitrogens with zero attached hydrogens (tertiary/aromatic N) is 4. The van der Waals surface area contributed by atoms with Crippen molar-refractivity contribution in [2.75, 3.05) is 43.1 Å². The van der Waals surface area contributed by atoms with Gasteiger partial charge in [0.15, 0.2) is 17.2 Å². The zero-order chi connectivity index (χ0) is 49.1. The summed E-state index contributed by atoms with van der Waals surface area (Å²) in [5.41, 5.74) is 2.71. The monoisotopic (exact) mass is 979 g/mol. The van der Waals surface area contributed by atoms with Gasteiger partial charge in [-0.3, -0.25) is 19.8 Å². The number of piperidine rings is 1. The van der Waals surface area contributed by atoms with Gasteiger partial charge in [0.05, 0.1) is 39.0 Å². The summed E-state index contributed by atoms with van der Waals surface area (Å²) in [6, 6.07) is 18.0. The van der Waals surface area contributed by atoms with E-state index in [0.717, 1.165) is 69.3 Å². The number of carbonyl (C=O) groups excluding carboxylic acids is 1. The van der Waals surface area contributed by atoms with E-state index in [-0.39, 0.29) is 76.0 Å². The van der Waals surface area contributed by atoms with E-state index in [1.54, 1.807) is 26.0 Å². The summed E-state index contributed by atoms with van der Waals surface area (Å²) in [5, 5.41) is 26.3. The third-order valence-electron chi connectivity index (χ3n) is 15.7. The van der Waals surface area contributed by atoms with Crippen LogP contribution in [-0.4, -0.2) is 89.8 Å². The fraction of sp³-hybridized carbons (Fsp3) is 0.500. The molecule has 5 aliphatic rings. The summed E-state index contributed by atoms with van der Waals surface area (Å²) in [4.78, 5) is 37.7. The van der Waals surface area contributed by atoms with Gasteiger partial charge < -0.3 is 34.5 Å². The van der Waals surface area contributed by atoms with Gasteiger partial charge in [-0.15, -0.1) is 0 Å². The quantitative estimate of drug-likeness (QED) is 0.0642. The molecule has 5 heterocycles. The molecular formula is C52H62FN7O9S. The first-order valence-corrected chi connectivity index (χ1v) is 26.2. The summed E-state index contributed by atoms with van der Waals surface area (Å²) in [5.74, 6) is -1.13. The van der Waals surface area contributed by atoms with E-state index in [2.05, 4.69) is 67.9 Å². The van der Waals surface area contributed by atoms with Crippen LogP contribution in [0.4, 0.5) is 21.5 Å². The predicted molar refractivity (Wildman–Crippen MR) is 263 cm³/mol. The first-order valence-electron chi connectivity index (χ1n) is 24.7. The average Bonchev–Trinajstić information content (AvgIpc) is 3.96. The van der Waals surface area contributed by atoms with Crippen LogP contribution >= 0.6 is 0 Å². The molecule has 2 aromatic heterocycles. The molecule has 2 aliphatic carbocycles. The number of H-pyrrole nitrogens is 1. The molecule has 2 atom stereocenters. The van der Waals surface area contributed by atoms with Gasteiger partial charge in [0, 0.05) is 61.3 Å². The van der Waals surface area contributed by atoms with Gasteiger partial charge in [0.25, 0.3) is 27.5 Å². The number of likely N-dealkylation sites (tertiary alicyclic amines) is 1. The highest BCUT2D eigenvalue weighted by molar-refractivity contribution is 7.90. The molecule has 3 aliphatic heterocycles. The minimum absolute atomic E-state index is 0.00289. The molecule has 3 aromatic carbocycles. The van der Waals surface area contributed by atoms with Crippen molar-refractivity contribution in [3.63, 3.8) is 0 Å². The van der Waals surface area contributed by atoms with Crippen LogP contribution in [0.5, 0.6) is 23.1 Å². The van der Waals surface area contributed by atoms with Crippen LogP contribution in [-0.2, 0) is 10.0 Å². The summed E-state index contributed by atoms with van der Waals surface area (Å²) in [6.07, 6.45) is 10.4. The predicted octanol–water partition coefficient (Wildman–Crippen LogP) is 9.74. The molecule has 1 spiro atoms. The van der Waals surface area contributed by atoms with E-state index in [1.165, 1.54) is 36.1 Å². The number of aliphatic hydroxyl groups is 1. The number of aromatic nitrogens is 2. The number of nitro benzene ring substituents is 1. The summed E-state index contributed by atoms with van der Waals surface area (Å²) in [7, 11) is -4.75. The Labute approximate surface area is 407 Å². The Bertz CT molecular complexity index is 2920. The van der Waals surface area contributed by atoms with E-state index >= 15 is 0 Å². The lowest BCUT2D eigenvalue weighted by molar-refractivity contribution is -0.384. The summed E-state index contributed by atoms with van der Waals surface area (Å²) >= 11 is 0. The van der Waals surface area contributed by atoms with E-state index < -0.39 is 42.9 Å². The van der Waals surface area contributed by atoms with Crippen molar-refractivity contribution < 1.29 is 41.8 Å². The molecule has 10 rings (SSSR count). The molecule has 18 heteroatoms. The van der Waals surface area contributed by atoms with Crippen LogP contribution in [0.25, 0.3) is 11.0 Å². The number of anilines is 2. The summed E-state index contributed by atoms with van der Waals surface area (Å²) < 4.78 is 63.4. The largest absolute Gasteiger partial charge is 0.489 e. The molecular weight excluding hydrogens is 918 g/mol. The van der Waals surface area contributed by atoms with E-state index in [1.807, 2.05) is 0 Å². The second-order valence-electron chi connectivity index (χ2n) is 20.7. The van der Waals surface area contributed by atoms with Crippen LogP contribution in [0.2, 0.25) is 0 Å². The number of fused-ring (bicyclic) bond motifs is 2. The number of carbonyl (C=O) groups is 1. The van der Waals surface area contributed by atoms with Crippen molar-refractivity contribution >= 4 is 44.0 Å². The number of aromatic amines is 1. The lowest BCUT2D eigenvalue weighted by atomic mass is 9.59. The standard InChI is InChI=1S/C52H62FN7O9S/c1-5-67-50-46(26-39-40(53)29-54-48(39)56-50)69-44-23-33(58-21-18-52(19-22-58)27-34(28-52)59-20-8-11-42(59)37-10-7-6-9-36(37)31(2)3)12-13-38(44)49(61)57-70(65,66)35-24-43(60(63)64)47-45(25-35)68-30-41(55-47)32-14-16-51(4,62)17-15-32/h6-7,9-10,12-13,23-26,29,31-32,34,41-42,55,62H,5,8,11,14-22,27-28,30H2,1-4H3,(H,54,56)(H,57,61)/t32-,41-,42+,51-/m1/s1. The second-order valence-corrected chi connectivity index (χ2v) is 22.4. The third-order valence-corrected chi connectivity index (χ3v) is 17.0. The normalized spacial score (nSPS) is 23.6.